The van der Waals surface area contributed by atoms with Gasteiger partial charge in [0.1, 0.15) is 11.3 Å². The first kappa shape index (κ1) is 25.6. The Kier molecular flexibility index (Phi) is 5.51. The van der Waals surface area contributed by atoms with E-state index in [1.54, 1.807) is 0 Å². The molecule has 0 aliphatic rings. The molecule has 0 bridgehead atoms. The fraction of sp³-hybridized carbons (Fsp3) is 0. The average molecular weight is 603 g/mol. The molecule has 8 aromatic carbocycles. The molecule has 2 heteroatoms. The highest BCUT2D eigenvalue weighted by molar-refractivity contribution is 7.26. The van der Waals surface area contributed by atoms with Crippen LogP contribution >= 0.6 is 11.3 Å². The summed E-state index contributed by atoms with van der Waals surface area (Å²) in [6, 6.07) is 57.1. The van der Waals surface area contributed by atoms with Crippen molar-refractivity contribution in [3.63, 3.8) is 0 Å². The molecule has 0 atom stereocenters. The molecule has 0 N–H and O–H groups in total. The lowest BCUT2D eigenvalue weighted by atomic mass is 9.84. The summed E-state index contributed by atoms with van der Waals surface area (Å²) < 4.78 is 9.24. The Morgan fingerprint density at radius 1 is 0.413 bits per heavy atom. The molecular formula is C44H26OS. The van der Waals surface area contributed by atoms with Gasteiger partial charge in [-0.1, -0.05) is 133 Å². The fourth-order valence-electron chi connectivity index (χ4n) is 7.41. The Morgan fingerprint density at radius 2 is 1.02 bits per heavy atom. The molecule has 0 saturated carbocycles. The van der Waals surface area contributed by atoms with E-state index in [9.17, 15) is 0 Å². The van der Waals surface area contributed by atoms with Gasteiger partial charge >= 0.3 is 0 Å². The van der Waals surface area contributed by atoms with Gasteiger partial charge in [0, 0.05) is 31.1 Å². The lowest BCUT2D eigenvalue weighted by Gasteiger charge is -2.19. The Bertz CT molecular complexity index is 2740. The first-order valence-corrected chi connectivity index (χ1v) is 16.5. The van der Waals surface area contributed by atoms with Crippen LogP contribution in [0.4, 0.5) is 0 Å². The Morgan fingerprint density at radius 3 is 1.76 bits per heavy atom. The summed E-state index contributed by atoms with van der Waals surface area (Å²) in [5, 5.41) is 11.2. The maximum Gasteiger partial charge on any atom is 0.136 e. The number of thiophene rings is 1. The Balaban J connectivity index is 1.36. The summed E-state index contributed by atoms with van der Waals surface area (Å²) in [5.41, 5.74) is 6.98. The second kappa shape index (κ2) is 9.90. The minimum Gasteiger partial charge on any atom is -0.456 e. The Hall–Kier alpha value is -5.70. The SMILES string of the molecule is c1ccc(-c2cc3c(cc(-c4c5ccccc5c(-c5ccc6ccccc6c5)c5ccccc45)c4c5ccccc5sc34)o2)cc1. The maximum absolute atomic E-state index is 6.69. The zero-order valence-electron chi connectivity index (χ0n) is 24.8. The molecule has 0 fully saturated rings. The van der Waals surface area contributed by atoms with Gasteiger partial charge in [0.2, 0.25) is 0 Å². The van der Waals surface area contributed by atoms with Crippen molar-refractivity contribution in [3.8, 4) is 33.6 Å². The van der Waals surface area contributed by atoms with E-state index in [1.807, 2.05) is 17.4 Å². The first-order valence-electron chi connectivity index (χ1n) is 15.7. The predicted molar refractivity (Wildman–Crippen MR) is 198 cm³/mol. The van der Waals surface area contributed by atoms with Gasteiger partial charge in [-0.2, -0.15) is 0 Å². The highest BCUT2D eigenvalue weighted by atomic mass is 32.1. The molecule has 0 radical (unpaired) electrons. The molecule has 2 heterocycles. The number of hydrogen-bond donors (Lipinski definition) is 0. The van der Waals surface area contributed by atoms with Crippen LogP contribution in [0.5, 0.6) is 0 Å². The highest BCUT2D eigenvalue weighted by Gasteiger charge is 2.22. The van der Waals surface area contributed by atoms with Gasteiger partial charge in [0.25, 0.3) is 0 Å². The van der Waals surface area contributed by atoms with Crippen LogP contribution in [0.3, 0.4) is 0 Å². The van der Waals surface area contributed by atoms with Gasteiger partial charge in [-0.25, -0.2) is 0 Å². The van der Waals surface area contributed by atoms with Crippen LogP contribution in [-0.2, 0) is 0 Å². The quantitative estimate of drug-likeness (QED) is 0.183. The van der Waals surface area contributed by atoms with Crippen LogP contribution in [0, 0.1) is 0 Å². The number of fused-ring (bicyclic) bond motifs is 8. The summed E-state index contributed by atoms with van der Waals surface area (Å²) in [4.78, 5) is 0. The second-order valence-electron chi connectivity index (χ2n) is 12.0. The van der Waals surface area contributed by atoms with Crippen LogP contribution in [0.25, 0.3) is 97.0 Å². The van der Waals surface area contributed by atoms with E-state index in [2.05, 4.69) is 152 Å². The standard InChI is InChI=1S/C44H26OS/c1-2-13-28(14-3-1)38-25-36-39(45-38)26-37(43-35-20-10-11-21-40(35)46-44(36)43)42-33-18-8-6-16-31(33)41(32-17-7-9-19-34(32)42)30-23-22-27-12-4-5-15-29(27)24-30/h1-26H. The molecule has 2 aromatic heterocycles. The van der Waals surface area contributed by atoms with Crippen molar-refractivity contribution in [1.82, 2.24) is 0 Å². The van der Waals surface area contributed by atoms with Crippen LogP contribution in [0.1, 0.15) is 0 Å². The van der Waals surface area contributed by atoms with E-state index in [1.165, 1.54) is 80.1 Å². The monoisotopic (exact) mass is 602 g/mol. The van der Waals surface area contributed by atoms with E-state index < -0.39 is 0 Å². The van der Waals surface area contributed by atoms with Crippen molar-refractivity contribution < 1.29 is 4.42 Å². The summed E-state index contributed by atoms with van der Waals surface area (Å²) >= 11 is 1.86. The number of rotatable bonds is 3. The average Bonchev–Trinajstić information content (AvgIpc) is 3.73. The molecule has 0 aliphatic carbocycles. The van der Waals surface area contributed by atoms with Crippen molar-refractivity contribution in [3.05, 3.63) is 158 Å². The molecule has 0 unspecified atom stereocenters. The smallest absolute Gasteiger partial charge is 0.136 e. The van der Waals surface area contributed by atoms with E-state index >= 15 is 0 Å². The van der Waals surface area contributed by atoms with Crippen LogP contribution < -0.4 is 0 Å². The summed E-state index contributed by atoms with van der Waals surface area (Å²) in [5.74, 6) is 0.896. The van der Waals surface area contributed by atoms with Gasteiger partial charge in [0.15, 0.2) is 0 Å². The highest BCUT2D eigenvalue weighted by Crippen LogP contribution is 2.50. The third-order valence-corrected chi connectivity index (χ3v) is 10.6. The second-order valence-corrected chi connectivity index (χ2v) is 13.1. The lowest BCUT2D eigenvalue weighted by molar-refractivity contribution is 0.632. The third kappa shape index (κ3) is 3.74. The molecule has 0 spiro atoms. The molecule has 0 saturated heterocycles. The zero-order valence-corrected chi connectivity index (χ0v) is 25.6. The van der Waals surface area contributed by atoms with Crippen molar-refractivity contribution in [2.45, 2.75) is 0 Å². The van der Waals surface area contributed by atoms with Gasteiger partial charge in [0.05, 0.1) is 0 Å². The molecule has 0 amide bonds. The fourth-order valence-corrected chi connectivity index (χ4v) is 8.65. The summed E-state index contributed by atoms with van der Waals surface area (Å²) in [6.45, 7) is 0. The maximum atomic E-state index is 6.69. The van der Waals surface area contributed by atoms with E-state index in [0.29, 0.717) is 0 Å². The number of hydrogen-bond acceptors (Lipinski definition) is 2. The molecule has 1 nitrogen and oxygen atoms in total. The lowest BCUT2D eigenvalue weighted by Crippen LogP contribution is -1.91. The van der Waals surface area contributed by atoms with E-state index in [-0.39, 0.29) is 0 Å². The predicted octanol–water partition coefficient (Wildman–Crippen LogP) is 13.3. The van der Waals surface area contributed by atoms with Crippen molar-refractivity contribution in [2.24, 2.45) is 0 Å². The van der Waals surface area contributed by atoms with Crippen molar-refractivity contribution in [2.75, 3.05) is 0 Å². The van der Waals surface area contributed by atoms with Crippen molar-refractivity contribution in [1.29, 1.82) is 0 Å². The summed E-state index contributed by atoms with van der Waals surface area (Å²) in [6.07, 6.45) is 0. The van der Waals surface area contributed by atoms with Crippen LogP contribution in [-0.4, -0.2) is 0 Å². The first-order chi connectivity index (χ1) is 22.8. The molecule has 0 aliphatic heterocycles. The van der Waals surface area contributed by atoms with E-state index in [0.717, 1.165) is 16.9 Å². The number of furan rings is 1. The molecule has 10 aromatic rings. The van der Waals surface area contributed by atoms with Crippen LogP contribution in [0.2, 0.25) is 0 Å². The van der Waals surface area contributed by atoms with Gasteiger partial charge in [-0.3, -0.25) is 0 Å². The van der Waals surface area contributed by atoms with Gasteiger partial charge in [-0.15, -0.1) is 11.3 Å². The van der Waals surface area contributed by atoms with E-state index in [4.69, 9.17) is 4.42 Å². The van der Waals surface area contributed by atoms with Crippen molar-refractivity contribution >= 4 is 74.8 Å². The Labute approximate surface area is 269 Å². The minimum atomic E-state index is 0.896. The normalized spacial score (nSPS) is 11.9. The molecule has 214 valence electrons. The molecule has 10 rings (SSSR count). The third-order valence-electron chi connectivity index (χ3n) is 9.44. The van der Waals surface area contributed by atoms with Gasteiger partial charge < -0.3 is 4.42 Å². The molecular weight excluding hydrogens is 577 g/mol. The summed E-state index contributed by atoms with van der Waals surface area (Å²) in [7, 11) is 0. The topological polar surface area (TPSA) is 13.1 Å². The minimum absolute atomic E-state index is 0.896. The van der Waals surface area contributed by atoms with Crippen LogP contribution in [0.15, 0.2) is 162 Å². The van der Waals surface area contributed by atoms with Gasteiger partial charge in [-0.05, 0) is 78.8 Å². The largest absolute Gasteiger partial charge is 0.456 e. The zero-order chi connectivity index (χ0) is 30.2. The number of benzene rings is 8. The molecule has 46 heavy (non-hydrogen) atoms.